The molecule has 2 nitrogen and oxygen atoms in total. The van der Waals surface area contributed by atoms with Gasteiger partial charge in [-0.2, -0.15) is 0 Å². The van der Waals surface area contributed by atoms with Crippen molar-refractivity contribution in [3.63, 3.8) is 0 Å². The lowest BCUT2D eigenvalue weighted by Crippen LogP contribution is -2.44. The van der Waals surface area contributed by atoms with Crippen molar-refractivity contribution >= 4 is 52.1 Å². The molecule has 1 fully saturated rings. The minimum absolute atomic E-state index is 0. The van der Waals surface area contributed by atoms with Gasteiger partial charge in [-0.15, -0.1) is 36.2 Å². The summed E-state index contributed by atoms with van der Waals surface area (Å²) in [6, 6.07) is 2.88. The van der Waals surface area contributed by atoms with E-state index in [2.05, 4.69) is 44.5 Å². The van der Waals surface area contributed by atoms with Crippen molar-refractivity contribution in [1.82, 2.24) is 10.2 Å². The van der Waals surface area contributed by atoms with E-state index in [0.717, 1.165) is 13.1 Å². The molecule has 0 unspecified atom stereocenters. The van der Waals surface area contributed by atoms with Crippen molar-refractivity contribution in [1.29, 1.82) is 0 Å². The molecule has 17 heavy (non-hydrogen) atoms. The van der Waals surface area contributed by atoms with Gasteiger partial charge in [-0.25, -0.2) is 0 Å². The first-order chi connectivity index (χ1) is 7.31. The highest BCUT2D eigenvalue weighted by molar-refractivity contribution is 9.10. The quantitative estimate of drug-likeness (QED) is 0.882. The van der Waals surface area contributed by atoms with Gasteiger partial charge in [-0.1, -0.05) is 6.92 Å². The zero-order chi connectivity index (χ0) is 10.7. The Hall–Kier alpha value is 0.680. The summed E-state index contributed by atoms with van der Waals surface area (Å²) in [4.78, 5) is 4.08. The molecule has 1 aromatic heterocycles. The largest absolute Gasteiger partial charge is 0.314 e. The summed E-state index contributed by atoms with van der Waals surface area (Å²) in [7, 11) is 0. The van der Waals surface area contributed by atoms with Crippen LogP contribution < -0.4 is 5.32 Å². The number of hydrogen-bond acceptors (Lipinski definition) is 3. The van der Waals surface area contributed by atoms with E-state index in [0.29, 0.717) is 6.04 Å². The first-order valence-corrected chi connectivity index (χ1v) is 7.17. The van der Waals surface area contributed by atoms with E-state index in [1.165, 1.54) is 28.9 Å². The normalized spacial score (nSPS) is 18.0. The van der Waals surface area contributed by atoms with Crippen LogP contribution in [-0.2, 0) is 0 Å². The van der Waals surface area contributed by atoms with Crippen LogP contribution in [-0.4, -0.2) is 31.1 Å². The molecule has 0 spiro atoms. The maximum absolute atomic E-state index is 3.53. The lowest BCUT2D eigenvalue weighted by Gasteiger charge is -2.33. The molecule has 2 rings (SSSR count). The van der Waals surface area contributed by atoms with E-state index in [1.54, 1.807) is 0 Å². The number of halogens is 3. The molecular weight excluding hydrogens is 343 g/mol. The second-order valence-electron chi connectivity index (χ2n) is 3.88. The van der Waals surface area contributed by atoms with Crippen LogP contribution >= 0.6 is 52.1 Å². The standard InChI is InChI=1S/C11H17BrN2S.2ClH/c1-2-10(11-7-9(12)8-15-11)14-5-3-13-4-6-14;;/h7-8,10,13H,2-6H2,1H3;2*1H/t10-;;/m0../s1. The zero-order valence-electron chi connectivity index (χ0n) is 9.82. The smallest absolute Gasteiger partial charge is 0.0440 e. The van der Waals surface area contributed by atoms with E-state index in [1.807, 2.05) is 11.3 Å². The number of nitrogens with one attached hydrogen (secondary N) is 1. The van der Waals surface area contributed by atoms with Gasteiger partial charge in [0.1, 0.15) is 0 Å². The van der Waals surface area contributed by atoms with Gasteiger partial charge in [-0.3, -0.25) is 4.90 Å². The van der Waals surface area contributed by atoms with Gasteiger partial charge < -0.3 is 5.32 Å². The van der Waals surface area contributed by atoms with Crippen LogP contribution in [0.15, 0.2) is 15.9 Å². The van der Waals surface area contributed by atoms with Crippen molar-refractivity contribution in [2.24, 2.45) is 0 Å². The second-order valence-corrected chi connectivity index (χ2v) is 5.74. The highest BCUT2D eigenvalue weighted by Crippen LogP contribution is 2.31. The Balaban J connectivity index is 0.00000128. The number of nitrogens with zero attached hydrogens (tertiary/aromatic N) is 1. The summed E-state index contributed by atoms with van der Waals surface area (Å²) in [6.07, 6.45) is 1.20. The molecule has 0 aromatic carbocycles. The van der Waals surface area contributed by atoms with Gasteiger partial charge >= 0.3 is 0 Å². The Morgan fingerprint density at radius 2 is 2.06 bits per heavy atom. The summed E-state index contributed by atoms with van der Waals surface area (Å²) in [5.41, 5.74) is 0. The third-order valence-corrected chi connectivity index (χ3v) is 4.69. The second kappa shape index (κ2) is 8.73. The summed E-state index contributed by atoms with van der Waals surface area (Å²) < 4.78 is 1.22. The average molecular weight is 362 g/mol. The number of thiophene rings is 1. The third kappa shape index (κ3) is 4.69. The van der Waals surface area contributed by atoms with Gasteiger partial charge in [0.15, 0.2) is 0 Å². The molecule has 0 bridgehead atoms. The number of hydrogen-bond donors (Lipinski definition) is 1. The molecule has 2 heterocycles. The van der Waals surface area contributed by atoms with E-state index < -0.39 is 0 Å². The van der Waals surface area contributed by atoms with Crippen molar-refractivity contribution < 1.29 is 0 Å². The summed E-state index contributed by atoms with van der Waals surface area (Å²) >= 11 is 5.40. The summed E-state index contributed by atoms with van der Waals surface area (Å²) in [6.45, 7) is 6.88. The minimum Gasteiger partial charge on any atom is -0.314 e. The maximum Gasteiger partial charge on any atom is 0.0440 e. The fourth-order valence-corrected chi connectivity index (χ4v) is 3.80. The molecule has 1 saturated heterocycles. The summed E-state index contributed by atoms with van der Waals surface area (Å²) in [5.74, 6) is 0. The number of piperazine rings is 1. The first kappa shape index (κ1) is 17.7. The Bertz CT molecular complexity index is 316. The first-order valence-electron chi connectivity index (χ1n) is 5.50. The highest BCUT2D eigenvalue weighted by Gasteiger charge is 2.21. The van der Waals surface area contributed by atoms with Crippen LogP contribution in [0, 0.1) is 0 Å². The number of rotatable bonds is 3. The van der Waals surface area contributed by atoms with Crippen LogP contribution in [0.2, 0.25) is 0 Å². The monoisotopic (exact) mass is 360 g/mol. The van der Waals surface area contributed by atoms with Crippen molar-refractivity contribution in [3.8, 4) is 0 Å². The molecule has 0 radical (unpaired) electrons. The van der Waals surface area contributed by atoms with Gasteiger partial charge in [-0.05, 0) is 28.4 Å². The van der Waals surface area contributed by atoms with E-state index in [4.69, 9.17) is 0 Å². The van der Waals surface area contributed by atoms with Gasteiger partial charge in [0, 0.05) is 47.0 Å². The van der Waals surface area contributed by atoms with Crippen molar-refractivity contribution in [2.75, 3.05) is 26.2 Å². The van der Waals surface area contributed by atoms with E-state index in [-0.39, 0.29) is 24.8 Å². The van der Waals surface area contributed by atoms with Crippen LogP contribution in [0.25, 0.3) is 0 Å². The Labute approximate surface area is 128 Å². The molecule has 0 saturated carbocycles. The molecule has 100 valence electrons. The molecule has 1 atom stereocenters. The topological polar surface area (TPSA) is 15.3 Å². The average Bonchev–Trinajstić information content (AvgIpc) is 2.68. The van der Waals surface area contributed by atoms with Gasteiger partial charge in [0.05, 0.1) is 0 Å². The van der Waals surface area contributed by atoms with E-state index >= 15 is 0 Å². The molecule has 0 aliphatic carbocycles. The predicted octanol–water partition coefficient (Wildman–Crippen LogP) is 3.71. The SMILES string of the molecule is CC[C@@H](c1cc(Br)cs1)N1CCNCC1.Cl.Cl. The molecule has 1 aliphatic heterocycles. The fourth-order valence-electron chi connectivity index (χ4n) is 2.14. The molecule has 1 aromatic rings. The third-order valence-electron chi connectivity index (χ3n) is 2.90. The van der Waals surface area contributed by atoms with Crippen LogP contribution in [0.1, 0.15) is 24.3 Å². The molecule has 1 aliphatic rings. The Morgan fingerprint density at radius 3 is 2.53 bits per heavy atom. The van der Waals surface area contributed by atoms with E-state index in [9.17, 15) is 0 Å². The van der Waals surface area contributed by atoms with Gasteiger partial charge in [0.25, 0.3) is 0 Å². The Kier molecular flexibility index (Phi) is 9.07. The molecule has 1 N–H and O–H groups in total. The van der Waals surface area contributed by atoms with Crippen LogP contribution in [0.4, 0.5) is 0 Å². The van der Waals surface area contributed by atoms with Crippen molar-refractivity contribution in [2.45, 2.75) is 19.4 Å². The van der Waals surface area contributed by atoms with Crippen LogP contribution in [0.5, 0.6) is 0 Å². The maximum atomic E-state index is 3.53. The zero-order valence-corrected chi connectivity index (χ0v) is 13.9. The fraction of sp³-hybridized carbons (Fsp3) is 0.636. The predicted molar refractivity (Wildman–Crippen MR) is 84.0 cm³/mol. The van der Waals surface area contributed by atoms with Crippen LogP contribution in [0.3, 0.4) is 0 Å². The Morgan fingerprint density at radius 1 is 1.41 bits per heavy atom. The molecule has 6 heteroatoms. The molecule has 0 amide bonds. The molecular formula is C11H19BrCl2N2S. The van der Waals surface area contributed by atoms with Crippen molar-refractivity contribution in [3.05, 3.63) is 20.8 Å². The minimum atomic E-state index is 0. The summed E-state index contributed by atoms with van der Waals surface area (Å²) in [5, 5.41) is 5.58. The highest BCUT2D eigenvalue weighted by atomic mass is 79.9. The van der Waals surface area contributed by atoms with Gasteiger partial charge in [0.2, 0.25) is 0 Å². The lowest BCUT2D eigenvalue weighted by atomic mass is 10.1. The lowest BCUT2D eigenvalue weighted by molar-refractivity contribution is 0.172.